The van der Waals surface area contributed by atoms with Crippen LogP contribution in [0.4, 0.5) is 5.69 Å². The van der Waals surface area contributed by atoms with Crippen molar-refractivity contribution in [3.05, 3.63) is 90.0 Å². The summed E-state index contributed by atoms with van der Waals surface area (Å²) in [6.07, 6.45) is 1.15. The van der Waals surface area contributed by atoms with E-state index in [1.807, 2.05) is 48.5 Å². The van der Waals surface area contributed by atoms with Crippen molar-refractivity contribution in [2.24, 2.45) is 5.92 Å². The van der Waals surface area contributed by atoms with Crippen LogP contribution in [0.2, 0.25) is 0 Å². The molecule has 0 aromatic heterocycles. The van der Waals surface area contributed by atoms with E-state index in [1.54, 1.807) is 35.2 Å². The maximum atomic E-state index is 12.8. The zero-order chi connectivity index (χ0) is 22.3. The number of nitrogens with zero attached hydrogens (tertiary/aromatic N) is 2. The Balaban J connectivity index is 1.34. The van der Waals surface area contributed by atoms with Gasteiger partial charge >= 0.3 is 0 Å². The second-order valence-electron chi connectivity index (χ2n) is 7.66. The third-order valence-corrected chi connectivity index (χ3v) is 5.51. The lowest BCUT2D eigenvalue weighted by Gasteiger charge is -2.31. The standard InChI is InChI=1S/C26H23N3O3/c27-18-20-7-4-5-12-24(20)26(31)29-15-13-19(14-16-29)25(30)28-21-8-6-11-23(17-21)32-22-9-2-1-3-10-22/h1-12,17,19H,13-16H2,(H,28,30). The second kappa shape index (κ2) is 9.80. The average Bonchev–Trinajstić information content (AvgIpc) is 2.84. The monoisotopic (exact) mass is 425 g/mol. The summed E-state index contributed by atoms with van der Waals surface area (Å²) in [7, 11) is 0. The second-order valence-corrected chi connectivity index (χ2v) is 7.66. The largest absolute Gasteiger partial charge is 0.457 e. The summed E-state index contributed by atoms with van der Waals surface area (Å²) in [4.78, 5) is 27.3. The van der Waals surface area contributed by atoms with Crippen LogP contribution in [0.1, 0.15) is 28.8 Å². The molecule has 1 aliphatic rings. The van der Waals surface area contributed by atoms with Crippen LogP contribution in [0.5, 0.6) is 11.5 Å². The zero-order valence-electron chi connectivity index (χ0n) is 17.5. The summed E-state index contributed by atoms with van der Waals surface area (Å²) in [6.45, 7) is 0.960. The molecule has 32 heavy (non-hydrogen) atoms. The first-order valence-corrected chi connectivity index (χ1v) is 10.6. The number of carbonyl (C=O) groups is 2. The van der Waals surface area contributed by atoms with Crippen LogP contribution < -0.4 is 10.1 Å². The molecule has 0 unspecified atom stereocenters. The van der Waals surface area contributed by atoms with E-state index in [2.05, 4.69) is 11.4 Å². The highest BCUT2D eigenvalue weighted by Crippen LogP contribution is 2.26. The fraction of sp³-hybridized carbons (Fsp3) is 0.192. The highest BCUT2D eigenvalue weighted by molar-refractivity contribution is 5.97. The van der Waals surface area contributed by atoms with Crippen LogP contribution in [0, 0.1) is 17.2 Å². The first kappa shape index (κ1) is 21.1. The number of piperidine rings is 1. The van der Waals surface area contributed by atoms with E-state index in [4.69, 9.17) is 4.74 Å². The van der Waals surface area contributed by atoms with Crippen molar-refractivity contribution < 1.29 is 14.3 Å². The lowest BCUT2D eigenvalue weighted by molar-refractivity contribution is -0.121. The SMILES string of the molecule is N#Cc1ccccc1C(=O)N1CCC(C(=O)Nc2cccc(Oc3ccccc3)c2)CC1. The number of rotatable bonds is 5. The van der Waals surface area contributed by atoms with Gasteiger partial charge in [-0.2, -0.15) is 5.26 Å². The number of para-hydroxylation sites is 1. The van der Waals surface area contributed by atoms with Gasteiger partial charge in [-0.25, -0.2) is 0 Å². The Morgan fingerprint density at radius 2 is 1.59 bits per heavy atom. The highest BCUT2D eigenvalue weighted by Gasteiger charge is 2.28. The molecule has 1 aliphatic heterocycles. The van der Waals surface area contributed by atoms with E-state index in [9.17, 15) is 14.9 Å². The molecule has 0 saturated carbocycles. The van der Waals surface area contributed by atoms with E-state index >= 15 is 0 Å². The van der Waals surface area contributed by atoms with Gasteiger partial charge in [0, 0.05) is 30.8 Å². The van der Waals surface area contributed by atoms with Gasteiger partial charge in [0.2, 0.25) is 5.91 Å². The van der Waals surface area contributed by atoms with Gasteiger partial charge < -0.3 is 15.0 Å². The van der Waals surface area contributed by atoms with Gasteiger partial charge in [-0.15, -0.1) is 0 Å². The number of ether oxygens (including phenoxy) is 1. The summed E-state index contributed by atoms with van der Waals surface area (Å²) < 4.78 is 5.83. The Bertz CT molecular complexity index is 1150. The Kier molecular flexibility index (Phi) is 6.47. The smallest absolute Gasteiger partial charge is 0.255 e. The number of likely N-dealkylation sites (tertiary alicyclic amines) is 1. The zero-order valence-corrected chi connectivity index (χ0v) is 17.5. The summed E-state index contributed by atoms with van der Waals surface area (Å²) >= 11 is 0. The van der Waals surface area contributed by atoms with E-state index in [0.29, 0.717) is 48.5 Å². The molecular formula is C26H23N3O3. The maximum Gasteiger partial charge on any atom is 0.255 e. The predicted molar refractivity (Wildman–Crippen MR) is 121 cm³/mol. The maximum absolute atomic E-state index is 12.8. The van der Waals surface area contributed by atoms with Crippen LogP contribution in [0.15, 0.2) is 78.9 Å². The molecule has 0 bridgehead atoms. The number of benzene rings is 3. The number of nitrogens with one attached hydrogen (secondary N) is 1. The fourth-order valence-corrected chi connectivity index (χ4v) is 3.79. The van der Waals surface area contributed by atoms with Crippen molar-refractivity contribution in [2.75, 3.05) is 18.4 Å². The minimum atomic E-state index is -0.177. The van der Waals surface area contributed by atoms with E-state index < -0.39 is 0 Å². The lowest BCUT2D eigenvalue weighted by Crippen LogP contribution is -2.41. The first-order valence-electron chi connectivity index (χ1n) is 10.6. The quantitative estimate of drug-likeness (QED) is 0.634. The van der Waals surface area contributed by atoms with Gasteiger partial charge in [-0.05, 0) is 49.2 Å². The summed E-state index contributed by atoms with van der Waals surface area (Å²) in [5, 5.41) is 12.2. The fourth-order valence-electron chi connectivity index (χ4n) is 3.79. The molecule has 4 rings (SSSR count). The van der Waals surface area contributed by atoms with Gasteiger partial charge in [-0.1, -0.05) is 36.4 Å². The topological polar surface area (TPSA) is 82.4 Å². The molecule has 2 amide bonds. The minimum Gasteiger partial charge on any atom is -0.457 e. The van der Waals surface area contributed by atoms with Crippen LogP contribution in [0.3, 0.4) is 0 Å². The van der Waals surface area contributed by atoms with Crippen molar-refractivity contribution in [3.8, 4) is 17.6 Å². The van der Waals surface area contributed by atoms with Gasteiger partial charge in [0.1, 0.15) is 11.5 Å². The summed E-state index contributed by atoms with van der Waals surface area (Å²) in [5.74, 6) is 0.971. The van der Waals surface area contributed by atoms with E-state index in [1.165, 1.54) is 0 Å². The molecule has 160 valence electrons. The van der Waals surface area contributed by atoms with Crippen molar-refractivity contribution in [1.29, 1.82) is 5.26 Å². The van der Waals surface area contributed by atoms with Crippen molar-refractivity contribution in [1.82, 2.24) is 4.90 Å². The molecule has 1 saturated heterocycles. The lowest BCUT2D eigenvalue weighted by atomic mass is 9.95. The first-order chi connectivity index (χ1) is 15.6. The molecule has 6 heteroatoms. The molecule has 6 nitrogen and oxygen atoms in total. The molecule has 0 atom stereocenters. The Labute approximate surface area is 187 Å². The van der Waals surface area contributed by atoms with Crippen LogP contribution >= 0.6 is 0 Å². The van der Waals surface area contributed by atoms with Crippen molar-refractivity contribution >= 4 is 17.5 Å². The molecular weight excluding hydrogens is 402 g/mol. The van der Waals surface area contributed by atoms with Gasteiger partial charge in [0.15, 0.2) is 0 Å². The highest BCUT2D eigenvalue weighted by atomic mass is 16.5. The molecule has 0 radical (unpaired) electrons. The third-order valence-electron chi connectivity index (χ3n) is 5.51. The molecule has 0 aliphatic carbocycles. The Morgan fingerprint density at radius 1 is 0.906 bits per heavy atom. The molecule has 3 aromatic rings. The predicted octanol–water partition coefficient (Wildman–Crippen LogP) is 4.84. The van der Waals surface area contributed by atoms with Gasteiger partial charge in [0.05, 0.1) is 17.2 Å². The van der Waals surface area contributed by atoms with Crippen LogP contribution in [0.25, 0.3) is 0 Å². The molecule has 1 heterocycles. The number of carbonyl (C=O) groups excluding carboxylic acids is 2. The number of hydrogen-bond donors (Lipinski definition) is 1. The average molecular weight is 425 g/mol. The normalized spacial score (nSPS) is 13.8. The number of anilines is 1. The molecule has 1 N–H and O–H groups in total. The van der Waals surface area contributed by atoms with Crippen LogP contribution in [-0.4, -0.2) is 29.8 Å². The van der Waals surface area contributed by atoms with Crippen molar-refractivity contribution in [2.45, 2.75) is 12.8 Å². The van der Waals surface area contributed by atoms with E-state index in [0.717, 1.165) is 5.75 Å². The molecule has 0 spiro atoms. The Morgan fingerprint density at radius 3 is 2.34 bits per heavy atom. The Hall–Kier alpha value is -4.11. The van der Waals surface area contributed by atoms with E-state index in [-0.39, 0.29) is 17.7 Å². The van der Waals surface area contributed by atoms with Gasteiger partial charge in [0.25, 0.3) is 5.91 Å². The summed E-state index contributed by atoms with van der Waals surface area (Å²) in [6, 6.07) is 25.6. The number of amides is 2. The summed E-state index contributed by atoms with van der Waals surface area (Å²) in [5.41, 5.74) is 1.45. The van der Waals surface area contributed by atoms with Gasteiger partial charge in [-0.3, -0.25) is 9.59 Å². The number of nitriles is 1. The van der Waals surface area contributed by atoms with Crippen molar-refractivity contribution in [3.63, 3.8) is 0 Å². The molecule has 3 aromatic carbocycles. The third kappa shape index (κ3) is 4.96. The molecule has 1 fully saturated rings. The number of hydrogen-bond acceptors (Lipinski definition) is 4. The minimum absolute atomic E-state index is 0.0635. The van der Waals surface area contributed by atoms with Crippen LogP contribution in [-0.2, 0) is 4.79 Å².